The fourth-order valence-corrected chi connectivity index (χ4v) is 1.37. The summed E-state index contributed by atoms with van der Waals surface area (Å²) >= 11 is 0. The van der Waals surface area contributed by atoms with Gasteiger partial charge in [0.05, 0.1) is 18.5 Å². The first-order chi connectivity index (χ1) is 6.42. The Hall–Kier alpha value is -1.47. The van der Waals surface area contributed by atoms with Gasteiger partial charge in [0, 0.05) is 0 Å². The van der Waals surface area contributed by atoms with Crippen molar-refractivity contribution < 1.29 is 17.7 Å². The highest BCUT2D eigenvalue weighted by Crippen LogP contribution is 2.24. The summed E-state index contributed by atoms with van der Waals surface area (Å²) < 4.78 is 36.1. The number of methoxy groups -OCH3 is 1. The number of rotatable bonds is 3. The molecule has 0 aliphatic heterocycles. The number of nitrogen functional groups attached to an aromatic ring is 1. The van der Waals surface area contributed by atoms with Crippen molar-refractivity contribution in [3.05, 3.63) is 18.2 Å². The molecule has 0 aliphatic carbocycles. The zero-order chi connectivity index (χ0) is 10.8. The Bertz CT molecular complexity index is 429. The monoisotopic (exact) mass is 218 g/mol. The molecule has 0 amide bonds. The summed E-state index contributed by atoms with van der Waals surface area (Å²) in [6.45, 7) is 0. The molecule has 4 N–H and O–H groups in total. The van der Waals surface area contributed by atoms with Gasteiger partial charge in [-0.3, -0.25) is 9.27 Å². The molecule has 7 heteroatoms. The van der Waals surface area contributed by atoms with Crippen LogP contribution in [0.5, 0.6) is 5.75 Å². The number of nitrogens with one attached hydrogen (secondary N) is 1. The van der Waals surface area contributed by atoms with E-state index in [9.17, 15) is 8.42 Å². The summed E-state index contributed by atoms with van der Waals surface area (Å²) in [5.74, 6) is 0.436. The largest absolute Gasteiger partial charge is 0.495 e. The number of anilines is 2. The van der Waals surface area contributed by atoms with E-state index in [-0.39, 0.29) is 11.4 Å². The van der Waals surface area contributed by atoms with Crippen molar-refractivity contribution in [1.29, 1.82) is 0 Å². The molecule has 78 valence electrons. The maximum Gasteiger partial charge on any atom is 0.357 e. The molecule has 0 saturated carbocycles. The van der Waals surface area contributed by atoms with Crippen LogP contribution < -0.4 is 15.2 Å². The van der Waals surface area contributed by atoms with E-state index in [1.165, 1.54) is 25.3 Å². The Balaban J connectivity index is 2.98. The van der Waals surface area contributed by atoms with Crippen LogP contribution in [0.25, 0.3) is 0 Å². The second-order valence-electron chi connectivity index (χ2n) is 2.53. The Kier molecular flexibility index (Phi) is 2.82. The fraction of sp³-hybridized carbons (Fsp3) is 0.143. The lowest BCUT2D eigenvalue weighted by atomic mass is 10.2. The Morgan fingerprint density at radius 1 is 1.50 bits per heavy atom. The lowest BCUT2D eigenvalue weighted by Crippen LogP contribution is -2.10. The minimum atomic E-state index is -4.26. The van der Waals surface area contributed by atoms with Crippen molar-refractivity contribution in [1.82, 2.24) is 0 Å². The van der Waals surface area contributed by atoms with E-state index >= 15 is 0 Å². The number of ether oxygens (including phenoxy) is 1. The van der Waals surface area contributed by atoms with E-state index in [0.29, 0.717) is 5.75 Å². The normalized spacial score (nSPS) is 11.0. The second-order valence-corrected chi connectivity index (χ2v) is 3.69. The molecule has 6 nitrogen and oxygen atoms in total. The Labute approximate surface area is 81.6 Å². The molecule has 0 radical (unpaired) electrons. The van der Waals surface area contributed by atoms with E-state index in [2.05, 4.69) is 0 Å². The summed E-state index contributed by atoms with van der Waals surface area (Å²) in [6, 6.07) is 4.25. The van der Waals surface area contributed by atoms with Gasteiger partial charge in [-0.25, -0.2) is 0 Å². The van der Waals surface area contributed by atoms with Crippen LogP contribution in [0.1, 0.15) is 0 Å². The average Bonchev–Trinajstić information content (AvgIpc) is 2.01. The zero-order valence-electron chi connectivity index (χ0n) is 7.39. The first-order valence-electron chi connectivity index (χ1n) is 3.61. The maximum absolute atomic E-state index is 10.4. The SMILES string of the molecule is COc1ccc(NS(=O)(=O)O)cc1N. The molecule has 0 saturated heterocycles. The topological polar surface area (TPSA) is 102 Å². The van der Waals surface area contributed by atoms with Crippen LogP contribution >= 0.6 is 0 Å². The number of benzene rings is 1. The zero-order valence-corrected chi connectivity index (χ0v) is 8.21. The summed E-state index contributed by atoms with van der Waals surface area (Å²) in [5, 5.41) is 0. The van der Waals surface area contributed by atoms with E-state index in [0.717, 1.165) is 0 Å². The van der Waals surface area contributed by atoms with E-state index in [1.54, 1.807) is 0 Å². The van der Waals surface area contributed by atoms with Crippen molar-refractivity contribution in [2.75, 3.05) is 17.6 Å². The molecule has 0 fully saturated rings. The van der Waals surface area contributed by atoms with Crippen LogP contribution in [0.4, 0.5) is 11.4 Å². The number of hydrogen-bond donors (Lipinski definition) is 3. The van der Waals surface area contributed by atoms with Crippen LogP contribution in [0, 0.1) is 0 Å². The van der Waals surface area contributed by atoms with Crippen molar-refractivity contribution >= 4 is 21.7 Å². The van der Waals surface area contributed by atoms with Crippen molar-refractivity contribution in [3.63, 3.8) is 0 Å². The Morgan fingerprint density at radius 2 is 2.14 bits per heavy atom. The third kappa shape index (κ3) is 2.79. The molecule has 0 aromatic heterocycles. The molecule has 1 aromatic rings. The van der Waals surface area contributed by atoms with Crippen LogP contribution in [-0.2, 0) is 10.3 Å². The van der Waals surface area contributed by atoms with Gasteiger partial charge in [-0.05, 0) is 18.2 Å². The molecule has 1 rings (SSSR count). The van der Waals surface area contributed by atoms with Crippen LogP contribution in [0.15, 0.2) is 18.2 Å². The first kappa shape index (κ1) is 10.6. The number of nitrogens with two attached hydrogens (primary N) is 1. The van der Waals surface area contributed by atoms with E-state index < -0.39 is 10.3 Å². The molecular formula is C7H10N2O4S. The van der Waals surface area contributed by atoms with Crippen molar-refractivity contribution in [2.24, 2.45) is 0 Å². The molecule has 0 aliphatic rings. The Morgan fingerprint density at radius 3 is 2.57 bits per heavy atom. The molecule has 0 bridgehead atoms. The van der Waals surface area contributed by atoms with Gasteiger partial charge < -0.3 is 10.5 Å². The quantitative estimate of drug-likeness (QED) is 0.506. The average molecular weight is 218 g/mol. The molecule has 0 spiro atoms. The van der Waals surface area contributed by atoms with E-state index in [1.807, 2.05) is 4.72 Å². The first-order valence-corrected chi connectivity index (χ1v) is 5.05. The minimum Gasteiger partial charge on any atom is -0.495 e. The standard InChI is InChI=1S/C7H10N2O4S/c1-13-7-3-2-5(4-6(7)8)9-14(10,11)12/h2-4,9H,8H2,1H3,(H,10,11,12). The highest BCUT2D eigenvalue weighted by atomic mass is 32.2. The molecule has 0 atom stereocenters. The van der Waals surface area contributed by atoms with Crippen LogP contribution in [0.3, 0.4) is 0 Å². The third-order valence-corrected chi connectivity index (χ3v) is 1.97. The predicted octanol–water partition coefficient (Wildman–Crippen LogP) is 0.492. The van der Waals surface area contributed by atoms with Gasteiger partial charge >= 0.3 is 10.3 Å². The van der Waals surface area contributed by atoms with Crippen LogP contribution in [-0.4, -0.2) is 20.1 Å². The lowest BCUT2D eigenvalue weighted by molar-refractivity contribution is 0.417. The summed E-state index contributed by atoms with van der Waals surface area (Å²) in [6.07, 6.45) is 0. The van der Waals surface area contributed by atoms with E-state index in [4.69, 9.17) is 15.0 Å². The van der Waals surface area contributed by atoms with Gasteiger partial charge in [-0.1, -0.05) is 0 Å². The predicted molar refractivity (Wildman–Crippen MR) is 52.6 cm³/mol. The second kappa shape index (κ2) is 3.72. The smallest absolute Gasteiger partial charge is 0.357 e. The van der Waals surface area contributed by atoms with Gasteiger partial charge in [0.15, 0.2) is 0 Å². The third-order valence-electron chi connectivity index (χ3n) is 1.48. The summed E-state index contributed by atoms with van der Waals surface area (Å²) in [5.41, 5.74) is 5.96. The van der Waals surface area contributed by atoms with Crippen molar-refractivity contribution in [3.8, 4) is 5.75 Å². The molecule has 14 heavy (non-hydrogen) atoms. The van der Waals surface area contributed by atoms with Gasteiger partial charge in [0.2, 0.25) is 0 Å². The van der Waals surface area contributed by atoms with Crippen LogP contribution in [0.2, 0.25) is 0 Å². The van der Waals surface area contributed by atoms with Gasteiger partial charge in [0.1, 0.15) is 5.75 Å². The fourth-order valence-electron chi connectivity index (χ4n) is 0.947. The van der Waals surface area contributed by atoms with Gasteiger partial charge in [-0.15, -0.1) is 0 Å². The lowest BCUT2D eigenvalue weighted by Gasteiger charge is -2.07. The van der Waals surface area contributed by atoms with Gasteiger partial charge in [-0.2, -0.15) is 8.42 Å². The molecule has 0 unspecified atom stereocenters. The highest BCUT2D eigenvalue weighted by molar-refractivity contribution is 7.87. The highest BCUT2D eigenvalue weighted by Gasteiger charge is 2.05. The summed E-state index contributed by atoms with van der Waals surface area (Å²) in [7, 11) is -2.81. The number of hydrogen-bond acceptors (Lipinski definition) is 4. The maximum atomic E-state index is 10.4. The minimum absolute atomic E-state index is 0.172. The summed E-state index contributed by atoms with van der Waals surface area (Å²) in [4.78, 5) is 0. The molecule has 0 heterocycles. The van der Waals surface area contributed by atoms with Gasteiger partial charge in [0.25, 0.3) is 0 Å². The molecular weight excluding hydrogens is 208 g/mol. The van der Waals surface area contributed by atoms with Crippen molar-refractivity contribution in [2.45, 2.75) is 0 Å². The molecule has 1 aromatic carbocycles.